The van der Waals surface area contributed by atoms with Crippen molar-refractivity contribution in [3.8, 4) is 0 Å². The van der Waals surface area contributed by atoms with Gasteiger partial charge in [0.2, 0.25) is 5.91 Å². The van der Waals surface area contributed by atoms with Crippen LogP contribution in [0.2, 0.25) is 0 Å². The fourth-order valence-corrected chi connectivity index (χ4v) is 2.11. The van der Waals surface area contributed by atoms with Crippen molar-refractivity contribution in [3.05, 3.63) is 23.7 Å². The Morgan fingerprint density at radius 1 is 1.58 bits per heavy atom. The van der Waals surface area contributed by atoms with Crippen molar-refractivity contribution in [3.63, 3.8) is 0 Å². The average Bonchev–Trinajstić information content (AvgIpc) is 2.61. The van der Waals surface area contributed by atoms with Gasteiger partial charge in [-0.1, -0.05) is 0 Å². The number of hydrogen-bond donors (Lipinski definition) is 2. The summed E-state index contributed by atoms with van der Waals surface area (Å²) in [6.07, 6.45) is 0.716. The van der Waals surface area contributed by atoms with Crippen molar-refractivity contribution in [2.24, 2.45) is 0 Å². The van der Waals surface area contributed by atoms with Crippen LogP contribution in [0.4, 0.5) is 0 Å². The van der Waals surface area contributed by atoms with E-state index < -0.39 is 23.5 Å². The minimum Gasteiger partial charge on any atom is -0.548 e. The molecule has 1 aliphatic rings. The van der Waals surface area contributed by atoms with E-state index in [9.17, 15) is 19.8 Å². The summed E-state index contributed by atoms with van der Waals surface area (Å²) in [6.45, 7) is 1.80. The van der Waals surface area contributed by atoms with Gasteiger partial charge in [0, 0.05) is 12.8 Å². The van der Waals surface area contributed by atoms with Gasteiger partial charge in [-0.15, -0.1) is 0 Å². The van der Waals surface area contributed by atoms with Crippen molar-refractivity contribution >= 4 is 11.9 Å². The normalized spacial score (nSPS) is 25.1. The molecule has 0 atom stereocenters. The van der Waals surface area contributed by atoms with Crippen LogP contribution in [-0.2, 0) is 16.0 Å². The monoisotopic (exact) mass is 291 g/mol. The number of nitrogens with one attached hydrogen (secondary N) is 1. The van der Waals surface area contributed by atoms with Crippen LogP contribution in [0, 0.1) is 6.92 Å². The fourth-order valence-electron chi connectivity index (χ4n) is 2.11. The molecule has 1 aliphatic carbocycles. The summed E-state index contributed by atoms with van der Waals surface area (Å²) in [7, 11) is 0. The third-order valence-electron chi connectivity index (χ3n) is 3.23. The van der Waals surface area contributed by atoms with Crippen molar-refractivity contribution in [2.75, 3.05) is 0 Å². The molecule has 0 bridgehead atoms. The molecule has 7 heteroatoms. The third kappa shape index (κ3) is 3.68. The second kappa shape index (κ2) is 6.51. The van der Waals surface area contributed by atoms with Gasteiger partial charge in [-0.25, -0.2) is 0 Å². The van der Waals surface area contributed by atoms with Crippen LogP contribution in [0.1, 0.15) is 24.2 Å². The molecule has 19 heavy (non-hydrogen) atoms. The number of aliphatic carboxylic acids is 1. The van der Waals surface area contributed by atoms with Crippen molar-refractivity contribution in [2.45, 2.75) is 37.8 Å². The van der Waals surface area contributed by atoms with Gasteiger partial charge >= 0.3 is 51.4 Å². The molecule has 0 unspecified atom stereocenters. The van der Waals surface area contributed by atoms with E-state index in [1.165, 1.54) is 6.26 Å². The Kier molecular flexibility index (Phi) is 5.78. The van der Waals surface area contributed by atoms with Crippen LogP contribution in [0.3, 0.4) is 0 Å². The fraction of sp³-hybridized carbons (Fsp3) is 0.500. The smallest absolute Gasteiger partial charge is 0.548 e. The number of furan rings is 1. The number of aliphatic hydroxyl groups is 1. The zero-order valence-corrected chi connectivity index (χ0v) is 14.1. The molecule has 0 spiro atoms. The van der Waals surface area contributed by atoms with E-state index in [2.05, 4.69) is 5.32 Å². The largest absolute Gasteiger partial charge is 1.00 e. The number of aryl methyl sites for hydroxylation is 1. The molecule has 2 N–H and O–H groups in total. The first-order chi connectivity index (χ1) is 8.43. The van der Waals surface area contributed by atoms with E-state index in [1.54, 1.807) is 13.0 Å². The van der Waals surface area contributed by atoms with Gasteiger partial charge in [-0.05, 0) is 18.6 Å². The summed E-state index contributed by atoms with van der Waals surface area (Å²) in [6, 6.07) is 1.73. The van der Waals surface area contributed by atoms with Crippen molar-refractivity contribution < 1.29 is 75.6 Å². The van der Waals surface area contributed by atoms with E-state index in [1.807, 2.05) is 0 Å². The molecule has 1 fully saturated rings. The van der Waals surface area contributed by atoms with Gasteiger partial charge in [0.15, 0.2) is 0 Å². The number of carbonyl (C=O) groups excluding carboxylic acids is 2. The Morgan fingerprint density at radius 3 is 2.63 bits per heavy atom. The van der Waals surface area contributed by atoms with Gasteiger partial charge in [-0.2, -0.15) is 0 Å². The number of amides is 1. The predicted octanol–water partition coefficient (Wildman–Crippen LogP) is -4.11. The summed E-state index contributed by atoms with van der Waals surface area (Å²) in [5, 5.41) is 22.6. The maximum Gasteiger partial charge on any atom is 1.00 e. The average molecular weight is 291 g/mol. The molecule has 98 valence electrons. The molecule has 1 amide bonds. The van der Waals surface area contributed by atoms with Gasteiger partial charge in [0.25, 0.3) is 0 Å². The summed E-state index contributed by atoms with van der Waals surface area (Å²) in [4.78, 5) is 22.7. The summed E-state index contributed by atoms with van der Waals surface area (Å²) in [5.41, 5.74) is -0.599. The molecule has 1 heterocycles. The van der Waals surface area contributed by atoms with Crippen LogP contribution in [-0.4, -0.2) is 28.6 Å². The van der Waals surface area contributed by atoms with E-state index in [0.717, 1.165) is 5.56 Å². The van der Waals surface area contributed by atoms with Gasteiger partial charge in [0.1, 0.15) is 5.76 Å². The van der Waals surface area contributed by atoms with Crippen LogP contribution >= 0.6 is 0 Å². The zero-order chi connectivity index (χ0) is 13.3. The molecule has 1 aromatic heterocycles. The van der Waals surface area contributed by atoms with Gasteiger partial charge in [-0.3, -0.25) is 4.79 Å². The Bertz CT molecular complexity index is 478. The van der Waals surface area contributed by atoms with Gasteiger partial charge in [0.05, 0.1) is 30.3 Å². The number of rotatable bonds is 4. The molecule has 6 nitrogen and oxygen atoms in total. The standard InChI is InChI=1S/C12H15NO5.K/c1-7-2-3-18-9(7)4-10(15)13-12(11(16)17)5-8(14)6-12;/h2-3,8,14H,4-6H2,1H3,(H,13,15)(H,16,17);/q;+1/p-1. The minimum atomic E-state index is -1.43. The Hall–Kier alpha value is -0.184. The minimum absolute atomic E-state index is 0. The van der Waals surface area contributed by atoms with E-state index in [-0.39, 0.29) is 70.6 Å². The number of hydrogen-bond acceptors (Lipinski definition) is 5. The van der Waals surface area contributed by atoms with Crippen LogP contribution < -0.4 is 61.8 Å². The number of carboxylic acid groups (broad SMARTS) is 1. The van der Waals surface area contributed by atoms with E-state index in [4.69, 9.17) is 4.42 Å². The maximum absolute atomic E-state index is 11.7. The SMILES string of the molecule is Cc1ccoc1CC(=O)NC1(C(=O)[O-])CC(O)C1.[K+]. The van der Waals surface area contributed by atoms with Crippen LogP contribution in [0.25, 0.3) is 0 Å². The number of carbonyl (C=O) groups is 2. The zero-order valence-electron chi connectivity index (χ0n) is 10.9. The molecule has 1 saturated carbocycles. The predicted molar refractivity (Wildman–Crippen MR) is 58.3 cm³/mol. The topological polar surface area (TPSA) is 103 Å². The Balaban J connectivity index is 0.00000180. The molecule has 0 aromatic carbocycles. The van der Waals surface area contributed by atoms with Crippen molar-refractivity contribution in [1.29, 1.82) is 0 Å². The third-order valence-corrected chi connectivity index (χ3v) is 3.23. The van der Waals surface area contributed by atoms with Crippen LogP contribution in [0.5, 0.6) is 0 Å². The molecule has 0 aliphatic heterocycles. The quantitative estimate of drug-likeness (QED) is 0.549. The van der Waals surface area contributed by atoms with Crippen molar-refractivity contribution in [1.82, 2.24) is 5.32 Å². The molecular weight excluding hydrogens is 277 g/mol. The molecular formula is C12H14KNO5. The van der Waals surface area contributed by atoms with E-state index >= 15 is 0 Å². The molecule has 0 radical (unpaired) electrons. The summed E-state index contributed by atoms with van der Waals surface area (Å²) < 4.78 is 5.11. The Labute approximate surface area is 153 Å². The maximum atomic E-state index is 11.7. The molecule has 1 aromatic rings. The van der Waals surface area contributed by atoms with E-state index in [0.29, 0.717) is 5.76 Å². The summed E-state index contributed by atoms with van der Waals surface area (Å²) in [5.74, 6) is -1.32. The molecule has 0 saturated heterocycles. The molecule has 2 rings (SSSR count). The Morgan fingerprint density at radius 2 is 2.21 bits per heavy atom. The first-order valence-electron chi connectivity index (χ1n) is 5.66. The van der Waals surface area contributed by atoms with Gasteiger partial charge < -0.3 is 24.7 Å². The first-order valence-corrected chi connectivity index (χ1v) is 5.66. The number of carboxylic acids is 1. The second-order valence-electron chi connectivity index (χ2n) is 4.68. The second-order valence-corrected chi connectivity index (χ2v) is 4.68. The summed E-state index contributed by atoms with van der Waals surface area (Å²) >= 11 is 0. The first kappa shape index (κ1) is 16.9. The van der Waals surface area contributed by atoms with Crippen LogP contribution in [0.15, 0.2) is 16.7 Å². The number of aliphatic hydroxyl groups excluding tert-OH is 1.